The maximum absolute atomic E-state index is 5.76. The topological polar surface area (TPSA) is 47.8 Å². The molecule has 0 amide bonds. The lowest BCUT2D eigenvalue weighted by Gasteiger charge is -2.14. The number of fused-ring (bicyclic) bond motifs is 1. The molecule has 0 aliphatic carbocycles. The van der Waals surface area contributed by atoms with Gasteiger partial charge in [0, 0.05) is 24.9 Å². The first-order valence-electron chi connectivity index (χ1n) is 8.74. The summed E-state index contributed by atoms with van der Waals surface area (Å²) in [6, 6.07) is 12.1. The number of para-hydroxylation sites is 1. The second-order valence-corrected chi connectivity index (χ2v) is 6.41. The maximum Gasteiger partial charge on any atom is 0.142 e. The van der Waals surface area contributed by atoms with Crippen molar-refractivity contribution in [1.82, 2.24) is 9.38 Å². The molecule has 3 heterocycles. The zero-order valence-electron chi connectivity index (χ0n) is 14.7. The van der Waals surface area contributed by atoms with Gasteiger partial charge in [0.2, 0.25) is 0 Å². The second-order valence-electron chi connectivity index (χ2n) is 6.41. The molecule has 2 aromatic heterocycles. The van der Waals surface area contributed by atoms with Crippen LogP contribution in [0.5, 0.6) is 5.75 Å². The van der Waals surface area contributed by atoms with E-state index in [-0.39, 0.29) is 6.10 Å². The van der Waals surface area contributed by atoms with Gasteiger partial charge in [0.1, 0.15) is 22.9 Å². The van der Waals surface area contributed by atoms with Gasteiger partial charge in [-0.2, -0.15) is 0 Å². The molecule has 25 heavy (non-hydrogen) atoms. The van der Waals surface area contributed by atoms with Gasteiger partial charge in [-0.05, 0) is 43.5 Å². The van der Waals surface area contributed by atoms with Crippen molar-refractivity contribution in [3.8, 4) is 17.0 Å². The lowest BCUT2D eigenvalue weighted by molar-refractivity contribution is 0.120. The predicted molar refractivity (Wildman–Crippen MR) is 99.4 cm³/mol. The molecule has 1 fully saturated rings. The Morgan fingerprint density at radius 1 is 1.28 bits per heavy atom. The Hall–Kier alpha value is -2.53. The molecule has 0 spiro atoms. The van der Waals surface area contributed by atoms with Gasteiger partial charge in [0.25, 0.3) is 0 Å². The van der Waals surface area contributed by atoms with Crippen LogP contribution in [0.25, 0.3) is 16.9 Å². The van der Waals surface area contributed by atoms with Gasteiger partial charge in [-0.15, -0.1) is 0 Å². The number of imidazole rings is 1. The van der Waals surface area contributed by atoms with E-state index in [1.54, 1.807) is 7.11 Å². The van der Waals surface area contributed by atoms with Crippen LogP contribution >= 0.6 is 0 Å². The highest BCUT2D eigenvalue weighted by molar-refractivity contribution is 5.81. The minimum atomic E-state index is 0.265. The molecule has 5 heteroatoms. The summed E-state index contributed by atoms with van der Waals surface area (Å²) in [5.41, 5.74) is 4.00. The fraction of sp³-hybridized carbons (Fsp3) is 0.350. The fourth-order valence-corrected chi connectivity index (χ4v) is 3.42. The minimum Gasteiger partial charge on any atom is -0.496 e. The van der Waals surface area contributed by atoms with Crippen LogP contribution < -0.4 is 10.1 Å². The van der Waals surface area contributed by atoms with Gasteiger partial charge in [0.05, 0.1) is 13.2 Å². The van der Waals surface area contributed by atoms with Crippen molar-refractivity contribution in [2.75, 3.05) is 25.6 Å². The van der Waals surface area contributed by atoms with Crippen LogP contribution in [0.1, 0.15) is 18.4 Å². The molecule has 1 aromatic carbocycles. The molecule has 130 valence electrons. The standard InChI is InChI=1S/C20H23N3O2/c1-14-7-5-11-23-19(14)22-18(16-9-3-4-10-17(16)24-2)20(23)21-13-15-8-6-12-25-15/h3-5,7,9-11,15,21H,6,8,12-13H2,1-2H3. The van der Waals surface area contributed by atoms with Crippen LogP contribution in [-0.2, 0) is 4.74 Å². The number of hydrogen-bond acceptors (Lipinski definition) is 4. The van der Waals surface area contributed by atoms with Crippen LogP contribution in [-0.4, -0.2) is 35.8 Å². The fourth-order valence-electron chi connectivity index (χ4n) is 3.42. The van der Waals surface area contributed by atoms with E-state index >= 15 is 0 Å². The first kappa shape index (κ1) is 16.0. The maximum atomic E-state index is 5.76. The van der Waals surface area contributed by atoms with E-state index in [0.29, 0.717) is 0 Å². The number of aromatic nitrogens is 2. The van der Waals surface area contributed by atoms with Crippen LogP contribution in [0.15, 0.2) is 42.6 Å². The number of anilines is 1. The summed E-state index contributed by atoms with van der Waals surface area (Å²) in [5.74, 6) is 1.81. The number of benzene rings is 1. The highest BCUT2D eigenvalue weighted by atomic mass is 16.5. The average Bonchev–Trinajstić information content (AvgIpc) is 3.28. The summed E-state index contributed by atoms with van der Waals surface area (Å²) in [6.07, 6.45) is 4.55. The lowest BCUT2D eigenvalue weighted by atomic mass is 10.1. The van der Waals surface area contributed by atoms with Crippen LogP contribution in [0.3, 0.4) is 0 Å². The van der Waals surface area contributed by atoms with E-state index < -0.39 is 0 Å². The second kappa shape index (κ2) is 6.76. The minimum absolute atomic E-state index is 0.265. The van der Waals surface area contributed by atoms with Gasteiger partial charge in [-0.1, -0.05) is 18.2 Å². The predicted octanol–water partition coefficient (Wildman–Crippen LogP) is 3.91. The number of ether oxygens (including phenoxy) is 2. The zero-order valence-corrected chi connectivity index (χ0v) is 14.7. The van der Waals surface area contributed by atoms with Crippen molar-refractivity contribution in [1.29, 1.82) is 0 Å². The highest BCUT2D eigenvalue weighted by Crippen LogP contribution is 2.35. The summed E-state index contributed by atoms with van der Waals surface area (Å²) < 4.78 is 13.4. The summed E-state index contributed by atoms with van der Waals surface area (Å²) in [5, 5.41) is 3.58. The molecule has 0 saturated carbocycles. The number of methoxy groups -OCH3 is 1. The largest absolute Gasteiger partial charge is 0.496 e. The number of rotatable bonds is 5. The van der Waals surface area contributed by atoms with Crippen molar-refractivity contribution in [3.63, 3.8) is 0 Å². The van der Waals surface area contributed by atoms with Crippen LogP contribution in [0.2, 0.25) is 0 Å². The molecule has 3 aromatic rings. The third kappa shape index (κ3) is 2.96. The molecular weight excluding hydrogens is 314 g/mol. The summed E-state index contributed by atoms with van der Waals surface area (Å²) in [6.45, 7) is 3.72. The van der Waals surface area contributed by atoms with E-state index in [9.17, 15) is 0 Å². The third-order valence-corrected chi connectivity index (χ3v) is 4.73. The first-order valence-corrected chi connectivity index (χ1v) is 8.74. The lowest BCUT2D eigenvalue weighted by Crippen LogP contribution is -2.19. The average molecular weight is 337 g/mol. The molecule has 1 aliphatic heterocycles. The first-order chi connectivity index (χ1) is 12.3. The Kier molecular flexibility index (Phi) is 4.32. The molecule has 0 radical (unpaired) electrons. The van der Waals surface area contributed by atoms with Crippen molar-refractivity contribution < 1.29 is 9.47 Å². The zero-order chi connectivity index (χ0) is 17.2. The quantitative estimate of drug-likeness (QED) is 0.767. The number of nitrogens with zero attached hydrogens (tertiary/aromatic N) is 2. The number of hydrogen-bond donors (Lipinski definition) is 1. The Bertz CT molecular complexity index is 882. The Balaban J connectivity index is 1.81. The number of pyridine rings is 1. The monoisotopic (exact) mass is 337 g/mol. The molecule has 1 aliphatic rings. The van der Waals surface area contributed by atoms with Gasteiger partial charge >= 0.3 is 0 Å². The van der Waals surface area contributed by atoms with E-state index in [1.165, 1.54) is 0 Å². The molecule has 1 atom stereocenters. The van der Waals surface area contributed by atoms with Crippen molar-refractivity contribution >= 4 is 11.5 Å². The summed E-state index contributed by atoms with van der Waals surface area (Å²) in [4.78, 5) is 4.92. The number of nitrogens with one attached hydrogen (secondary N) is 1. The van der Waals surface area contributed by atoms with Crippen molar-refractivity contribution in [2.24, 2.45) is 0 Å². The highest BCUT2D eigenvalue weighted by Gasteiger charge is 2.20. The van der Waals surface area contributed by atoms with Crippen molar-refractivity contribution in [2.45, 2.75) is 25.9 Å². The van der Waals surface area contributed by atoms with Gasteiger partial charge in [-0.3, -0.25) is 4.40 Å². The Morgan fingerprint density at radius 3 is 2.96 bits per heavy atom. The smallest absolute Gasteiger partial charge is 0.142 e. The number of aryl methyl sites for hydroxylation is 1. The third-order valence-electron chi connectivity index (χ3n) is 4.73. The van der Waals surface area contributed by atoms with E-state index in [4.69, 9.17) is 14.5 Å². The molecule has 1 N–H and O–H groups in total. The van der Waals surface area contributed by atoms with Crippen LogP contribution in [0.4, 0.5) is 5.82 Å². The summed E-state index contributed by atoms with van der Waals surface area (Å²) >= 11 is 0. The van der Waals surface area contributed by atoms with E-state index in [0.717, 1.165) is 60.0 Å². The van der Waals surface area contributed by atoms with Gasteiger partial charge < -0.3 is 14.8 Å². The Morgan fingerprint density at radius 2 is 2.16 bits per heavy atom. The van der Waals surface area contributed by atoms with E-state index in [1.807, 2.05) is 36.5 Å². The molecule has 1 saturated heterocycles. The molecule has 0 bridgehead atoms. The van der Waals surface area contributed by atoms with Crippen LogP contribution in [0, 0.1) is 6.92 Å². The molecule has 1 unspecified atom stereocenters. The van der Waals surface area contributed by atoms with Crippen molar-refractivity contribution in [3.05, 3.63) is 48.2 Å². The molecule has 4 rings (SSSR count). The summed E-state index contributed by atoms with van der Waals surface area (Å²) in [7, 11) is 1.69. The molecular formula is C20H23N3O2. The normalized spacial score (nSPS) is 17.1. The SMILES string of the molecule is COc1ccccc1-c1nc2c(C)cccn2c1NCC1CCCO1. The van der Waals surface area contributed by atoms with Gasteiger partial charge in [0.15, 0.2) is 0 Å². The Labute approximate surface area is 147 Å². The van der Waals surface area contributed by atoms with E-state index in [2.05, 4.69) is 22.7 Å². The van der Waals surface area contributed by atoms with Gasteiger partial charge in [-0.25, -0.2) is 4.98 Å². The molecule has 5 nitrogen and oxygen atoms in total.